The third-order valence-electron chi connectivity index (χ3n) is 2.32. The third kappa shape index (κ3) is 5.13. The number of aliphatic hydroxyl groups is 1. The molecule has 0 aliphatic rings. The van der Waals surface area contributed by atoms with E-state index in [1.54, 1.807) is 6.07 Å². The van der Waals surface area contributed by atoms with Crippen LogP contribution >= 0.6 is 0 Å². The molecule has 1 rings (SSSR count). The van der Waals surface area contributed by atoms with Crippen molar-refractivity contribution in [3.05, 3.63) is 35.4 Å². The van der Waals surface area contributed by atoms with E-state index in [0.29, 0.717) is 31.9 Å². The van der Waals surface area contributed by atoms with Crippen LogP contribution in [0.15, 0.2) is 29.4 Å². The van der Waals surface area contributed by atoms with Crippen LogP contribution in [0.1, 0.15) is 11.1 Å². The fourth-order valence-corrected chi connectivity index (χ4v) is 1.44. The van der Waals surface area contributed by atoms with E-state index in [0.717, 1.165) is 5.56 Å². The molecule has 0 spiro atoms. The number of nitrogens with one attached hydrogen (secondary N) is 1. The summed E-state index contributed by atoms with van der Waals surface area (Å²) in [6, 6.07) is 7.45. The monoisotopic (exact) mass is 253 g/mol. The fraction of sp³-hybridized carbons (Fsp3) is 0.417. The number of benzene rings is 1. The predicted octanol–water partition coefficient (Wildman–Crippen LogP) is -0.120. The van der Waals surface area contributed by atoms with Crippen LogP contribution in [-0.4, -0.2) is 42.5 Å². The van der Waals surface area contributed by atoms with E-state index in [4.69, 9.17) is 20.8 Å². The smallest absolute Gasteiger partial charge is 0.170 e. The van der Waals surface area contributed by atoms with Crippen molar-refractivity contribution in [2.75, 3.05) is 26.4 Å². The van der Waals surface area contributed by atoms with Crippen molar-refractivity contribution in [3.8, 4) is 0 Å². The number of amidine groups is 1. The first kappa shape index (κ1) is 14.4. The average Bonchev–Trinajstić information content (AvgIpc) is 2.42. The lowest BCUT2D eigenvalue weighted by molar-refractivity contribution is 0.0938. The molecule has 0 aliphatic carbocycles. The Hall–Kier alpha value is -1.63. The van der Waals surface area contributed by atoms with Gasteiger partial charge in [-0.05, 0) is 11.6 Å². The van der Waals surface area contributed by atoms with Crippen molar-refractivity contribution in [3.63, 3.8) is 0 Å². The number of oxime groups is 1. The summed E-state index contributed by atoms with van der Waals surface area (Å²) in [6.07, 6.45) is 0. The van der Waals surface area contributed by atoms with Gasteiger partial charge in [0.15, 0.2) is 5.84 Å². The molecule has 0 aromatic heterocycles. The summed E-state index contributed by atoms with van der Waals surface area (Å²) >= 11 is 0. The van der Waals surface area contributed by atoms with Gasteiger partial charge in [0.1, 0.15) is 0 Å². The fourth-order valence-electron chi connectivity index (χ4n) is 1.44. The standard InChI is InChI=1S/C12H19N3O3/c13-12(15-17)11-3-1-2-10(8-11)9-14-4-6-18-7-5-16/h1-3,8,14,16-17H,4-7,9H2,(H2,13,15). The molecule has 5 N–H and O–H groups in total. The Morgan fingerprint density at radius 2 is 2.22 bits per heavy atom. The SMILES string of the molecule is NC(=NO)c1cccc(CNCCOCCO)c1. The highest BCUT2D eigenvalue weighted by molar-refractivity contribution is 5.97. The van der Waals surface area contributed by atoms with Crippen LogP contribution < -0.4 is 11.1 Å². The minimum Gasteiger partial charge on any atom is -0.409 e. The minimum atomic E-state index is 0.0435. The van der Waals surface area contributed by atoms with Crippen molar-refractivity contribution in [1.29, 1.82) is 0 Å². The van der Waals surface area contributed by atoms with Gasteiger partial charge >= 0.3 is 0 Å². The molecule has 0 heterocycles. The maximum atomic E-state index is 8.59. The second-order valence-corrected chi connectivity index (χ2v) is 3.70. The van der Waals surface area contributed by atoms with Gasteiger partial charge in [0.2, 0.25) is 0 Å². The molecule has 0 fully saturated rings. The molecule has 0 bridgehead atoms. The summed E-state index contributed by atoms with van der Waals surface area (Å²) in [4.78, 5) is 0. The Kier molecular flexibility index (Phi) is 6.78. The first-order valence-electron chi connectivity index (χ1n) is 5.74. The van der Waals surface area contributed by atoms with E-state index in [-0.39, 0.29) is 12.4 Å². The molecule has 0 atom stereocenters. The van der Waals surface area contributed by atoms with Gasteiger partial charge in [0.25, 0.3) is 0 Å². The van der Waals surface area contributed by atoms with Gasteiger partial charge in [-0.3, -0.25) is 0 Å². The lowest BCUT2D eigenvalue weighted by atomic mass is 10.1. The van der Waals surface area contributed by atoms with E-state index in [1.165, 1.54) is 0 Å². The van der Waals surface area contributed by atoms with Crippen LogP contribution in [0, 0.1) is 0 Å². The van der Waals surface area contributed by atoms with Crippen molar-refractivity contribution in [2.24, 2.45) is 10.9 Å². The van der Waals surface area contributed by atoms with E-state index in [2.05, 4.69) is 10.5 Å². The number of aliphatic hydroxyl groups excluding tert-OH is 1. The molecule has 0 unspecified atom stereocenters. The number of ether oxygens (including phenoxy) is 1. The molecule has 0 saturated heterocycles. The molecule has 18 heavy (non-hydrogen) atoms. The summed E-state index contributed by atoms with van der Waals surface area (Å²) < 4.78 is 5.12. The van der Waals surface area contributed by atoms with Gasteiger partial charge in [-0.15, -0.1) is 0 Å². The molecule has 0 amide bonds. The lowest BCUT2D eigenvalue weighted by Crippen LogP contribution is -2.20. The molecule has 100 valence electrons. The summed E-state index contributed by atoms with van der Waals surface area (Å²) in [5.74, 6) is 0.100. The molecule has 6 nitrogen and oxygen atoms in total. The molecule has 0 saturated carbocycles. The highest BCUT2D eigenvalue weighted by atomic mass is 16.5. The zero-order chi connectivity index (χ0) is 13.2. The maximum Gasteiger partial charge on any atom is 0.170 e. The third-order valence-corrected chi connectivity index (χ3v) is 2.32. The zero-order valence-electron chi connectivity index (χ0n) is 10.2. The van der Waals surface area contributed by atoms with Crippen LogP contribution in [0.5, 0.6) is 0 Å². The average molecular weight is 253 g/mol. The minimum absolute atomic E-state index is 0.0435. The maximum absolute atomic E-state index is 8.59. The number of nitrogens with two attached hydrogens (primary N) is 1. The van der Waals surface area contributed by atoms with Gasteiger partial charge < -0.3 is 26.1 Å². The van der Waals surface area contributed by atoms with Crippen molar-refractivity contribution in [2.45, 2.75) is 6.54 Å². The van der Waals surface area contributed by atoms with Gasteiger partial charge in [-0.1, -0.05) is 23.4 Å². The normalized spacial score (nSPS) is 11.7. The summed E-state index contributed by atoms with van der Waals surface area (Å²) in [5, 5.41) is 23.3. The molecule has 1 aromatic rings. The summed E-state index contributed by atoms with van der Waals surface area (Å²) in [5.41, 5.74) is 7.24. The molecular weight excluding hydrogens is 234 g/mol. The largest absolute Gasteiger partial charge is 0.409 e. The lowest BCUT2D eigenvalue weighted by Gasteiger charge is -2.07. The van der Waals surface area contributed by atoms with Crippen LogP contribution in [-0.2, 0) is 11.3 Å². The molecule has 0 radical (unpaired) electrons. The molecule has 1 aromatic carbocycles. The number of rotatable bonds is 8. The van der Waals surface area contributed by atoms with Crippen molar-refractivity contribution < 1.29 is 15.1 Å². The first-order valence-corrected chi connectivity index (χ1v) is 5.74. The Morgan fingerprint density at radius 3 is 2.94 bits per heavy atom. The van der Waals surface area contributed by atoms with E-state index in [9.17, 15) is 0 Å². The molecule has 6 heteroatoms. The Bertz CT molecular complexity index is 383. The van der Waals surface area contributed by atoms with E-state index < -0.39 is 0 Å². The van der Waals surface area contributed by atoms with Crippen LogP contribution in [0.3, 0.4) is 0 Å². The first-order chi connectivity index (χ1) is 8.77. The second kappa shape index (κ2) is 8.46. The Morgan fingerprint density at radius 1 is 1.39 bits per heavy atom. The summed E-state index contributed by atoms with van der Waals surface area (Å²) in [6.45, 7) is 2.34. The Labute approximate surface area is 106 Å². The van der Waals surface area contributed by atoms with Gasteiger partial charge in [0, 0.05) is 18.7 Å². The second-order valence-electron chi connectivity index (χ2n) is 3.70. The van der Waals surface area contributed by atoms with Crippen LogP contribution in [0.4, 0.5) is 0 Å². The van der Waals surface area contributed by atoms with Gasteiger partial charge in [-0.2, -0.15) is 0 Å². The van der Waals surface area contributed by atoms with Crippen LogP contribution in [0.2, 0.25) is 0 Å². The Balaban J connectivity index is 2.34. The highest BCUT2D eigenvalue weighted by Gasteiger charge is 2.00. The number of nitrogens with zero attached hydrogens (tertiary/aromatic N) is 1. The predicted molar refractivity (Wildman–Crippen MR) is 68.6 cm³/mol. The molecule has 0 aliphatic heterocycles. The number of hydrogen-bond acceptors (Lipinski definition) is 5. The van der Waals surface area contributed by atoms with E-state index in [1.807, 2.05) is 18.2 Å². The van der Waals surface area contributed by atoms with Crippen molar-refractivity contribution >= 4 is 5.84 Å². The molecular formula is C12H19N3O3. The number of hydrogen-bond donors (Lipinski definition) is 4. The van der Waals surface area contributed by atoms with E-state index >= 15 is 0 Å². The summed E-state index contributed by atoms with van der Waals surface area (Å²) in [7, 11) is 0. The van der Waals surface area contributed by atoms with Gasteiger partial charge in [0.05, 0.1) is 19.8 Å². The quantitative estimate of drug-likeness (QED) is 0.170. The highest BCUT2D eigenvalue weighted by Crippen LogP contribution is 2.04. The van der Waals surface area contributed by atoms with Crippen molar-refractivity contribution in [1.82, 2.24) is 5.32 Å². The topological polar surface area (TPSA) is 100 Å². The van der Waals surface area contributed by atoms with Gasteiger partial charge in [-0.25, -0.2) is 0 Å². The zero-order valence-corrected chi connectivity index (χ0v) is 10.2. The van der Waals surface area contributed by atoms with Crippen LogP contribution in [0.25, 0.3) is 0 Å².